The zero-order valence-electron chi connectivity index (χ0n) is 21.7. The van der Waals surface area contributed by atoms with E-state index in [9.17, 15) is 18.0 Å². The lowest BCUT2D eigenvalue weighted by Gasteiger charge is -2.30. The van der Waals surface area contributed by atoms with Crippen LogP contribution in [0.2, 0.25) is 0 Å². The zero-order chi connectivity index (χ0) is 26.2. The third kappa shape index (κ3) is 8.38. The van der Waals surface area contributed by atoms with Gasteiger partial charge in [-0.3, -0.25) is 13.9 Å². The summed E-state index contributed by atoms with van der Waals surface area (Å²) in [6.45, 7) is 10.0. The summed E-state index contributed by atoms with van der Waals surface area (Å²) in [6, 6.07) is 14.4. The predicted octanol–water partition coefficient (Wildman–Crippen LogP) is 4.18. The number of sulfonamides is 1. The molecule has 0 aliphatic carbocycles. The monoisotopic (exact) mass is 501 g/mol. The molecule has 0 aromatic heterocycles. The molecule has 0 heterocycles. The number of aryl methyl sites for hydroxylation is 2. The van der Waals surface area contributed by atoms with Crippen molar-refractivity contribution in [3.05, 3.63) is 65.2 Å². The van der Waals surface area contributed by atoms with Gasteiger partial charge in [-0.2, -0.15) is 0 Å². The van der Waals surface area contributed by atoms with Gasteiger partial charge in [0.2, 0.25) is 21.8 Å². The molecule has 0 unspecified atom stereocenters. The predicted molar refractivity (Wildman–Crippen MR) is 142 cm³/mol. The number of hydrogen-bond acceptors (Lipinski definition) is 4. The second-order valence-corrected chi connectivity index (χ2v) is 11.1. The molecule has 2 aromatic carbocycles. The van der Waals surface area contributed by atoms with E-state index < -0.39 is 16.1 Å². The smallest absolute Gasteiger partial charge is 0.242 e. The molecule has 8 heteroatoms. The van der Waals surface area contributed by atoms with Crippen molar-refractivity contribution in [3.8, 4) is 0 Å². The van der Waals surface area contributed by atoms with Gasteiger partial charge in [-0.25, -0.2) is 8.42 Å². The average molecular weight is 502 g/mol. The number of anilines is 1. The van der Waals surface area contributed by atoms with Crippen molar-refractivity contribution in [3.63, 3.8) is 0 Å². The van der Waals surface area contributed by atoms with Gasteiger partial charge in [-0.15, -0.1) is 0 Å². The van der Waals surface area contributed by atoms with E-state index >= 15 is 0 Å². The fourth-order valence-corrected chi connectivity index (χ4v) is 4.76. The Morgan fingerprint density at radius 2 is 1.71 bits per heavy atom. The lowest BCUT2D eigenvalue weighted by molar-refractivity contribution is -0.140. The van der Waals surface area contributed by atoms with Crippen molar-refractivity contribution >= 4 is 27.5 Å². The van der Waals surface area contributed by atoms with Crippen molar-refractivity contribution in [2.75, 3.05) is 17.1 Å². The molecule has 2 atom stereocenters. The topological polar surface area (TPSA) is 86.8 Å². The molecule has 0 saturated heterocycles. The summed E-state index contributed by atoms with van der Waals surface area (Å²) in [5.74, 6) is -0.378. The highest BCUT2D eigenvalue weighted by Gasteiger charge is 2.27. The van der Waals surface area contributed by atoms with Crippen LogP contribution in [0, 0.1) is 13.8 Å². The molecule has 0 radical (unpaired) electrons. The van der Waals surface area contributed by atoms with Crippen molar-refractivity contribution in [1.82, 2.24) is 10.2 Å². The average Bonchev–Trinajstić information content (AvgIpc) is 2.79. The van der Waals surface area contributed by atoms with Crippen LogP contribution >= 0.6 is 0 Å². The lowest BCUT2D eigenvalue weighted by Crippen LogP contribution is -2.49. The third-order valence-electron chi connectivity index (χ3n) is 6.21. The Bertz CT molecular complexity index is 1120. The van der Waals surface area contributed by atoms with Gasteiger partial charge in [0.25, 0.3) is 0 Å². The molecule has 0 aliphatic rings. The highest BCUT2D eigenvalue weighted by molar-refractivity contribution is 7.92. The highest BCUT2D eigenvalue weighted by Crippen LogP contribution is 2.20. The summed E-state index contributed by atoms with van der Waals surface area (Å²) in [5, 5.41) is 2.97. The second-order valence-electron chi connectivity index (χ2n) is 9.22. The van der Waals surface area contributed by atoms with E-state index in [1.165, 1.54) is 10.6 Å². The quantitative estimate of drug-likeness (QED) is 0.473. The number of nitrogens with one attached hydrogen (secondary N) is 1. The van der Waals surface area contributed by atoms with E-state index in [4.69, 9.17) is 0 Å². The highest BCUT2D eigenvalue weighted by atomic mass is 32.2. The number of rotatable bonds is 12. The SMILES string of the molecule is CC[C@@H](C)NC(=O)[C@@H](C)N(Cc1ccccc1C)C(=O)CCCN(c1cccc(C)c1)S(C)(=O)=O. The van der Waals surface area contributed by atoms with Crippen molar-refractivity contribution < 1.29 is 18.0 Å². The zero-order valence-corrected chi connectivity index (χ0v) is 22.6. The van der Waals surface area contributed by atoms with Gasteiger partial charge < -0.3 is 10.2 Å². The van der Waals surface area contributed by atoms with E-state index in [1.807, 2.05) is 70.2 Å². The van der Waals surface area contributed by atoms with Gasteiger partial charge in [0.05, 0.1) is 11.9 Å². The van der Waals surface area contributed by atoms with E-state index in [0.717, 1.165) is 23.1 Å². The van der Waals surface area contributed by atoms with Crippen LogP contribution in [-0.4, -0.2) is 50.0 Å². The van der Waals surface area contributed by atoms with Gasteiger partial charge in [0.1, 0.15) is 6.04 Å². The first-order valence-electron chi connectivity index (χ1n) is 12.1. The number of carbonyl (C=O) groups is 2. The maximum atomic E-state index is 13.4. The number of amides is 2. The van der Waals surface area contributed by atoms with Crippen molar-refractivity contribution in [2.45, 2.75) is 72.5 Å². The minimum Gasteiger partial charge on any atom is -0.352 e. The van der Waals surface area contributed by atoms with Gasteiger partial charge >= 0.3 is 0 Å². The Hall–Kier alpha value is -2.87. The summed E-state index contributed by atoms with van der Waals surface area (Å²) in [4.78, 5) is 27.8. The Labute approximate surface area is 210 Å². The van der Waals surface area contributed by atoms with Gasteiger partial charge in [-0.1, -0.05) is 43.3 Å². The van der Waals surface area contributed by atoms with Crippen LogP contribution in [0.4, 0.5) is 5.69 Å². The molecule has 1 N–H and O–H groups in total. The summed E-state index contributed by atoms with van der Waals surface area (Å²) < 4.78 is 26.2. The van der Waals surface area contributed by atoms with Crippen molar-refractivity contribution in [2.24, 2.45) is 0 Å². The summed E-state index contributed by atoms with van der Waals surface area (Å²) in [7, 11) is -3.51. The maximum absolute atomic E-state index is 13.4. The molecular weight excluding hydrogens is 462 g/mol. The molecular formula is C27H39N3O4S. The van der Waals surface area contributed by atoms with Crippen LogP contribution in [-0.2, 0) is 26.2 Å². The Balaban J connectivity index is 2.19. The molecule has 2 amide bonds. The summed E-state index contributed by atoms with van der Waals surface area (Å²) >= 11 is 0. The van der Waals surface area contributed by atoms with Crippen LogP contribution in [0.25, 0.3) is 0 Å². The first kappa shape index (κ1) is 28.4. The Kier molecular flexibility index (Phi) is 10.3. The lowest BCUT2D eigenvalue weighted by atomic mass is 10.1. The standard InChI is InChI=1S/C27H39N3O4S/c1-7-22(4)28-27(32)23(5)29(19-24-14-9-8-13-21(24)3)26(31)16-11-17-30(35(6,33)34)25-15-10-12-20(2)18-25/h8-10,12-15,18,22-23H,7,11,16-17,19H2,1-6H3,(H,28,32)/t22-,23-/m1/s1. The van der Waals surface area contributed by atoms with Crippen LogP contribution < -0.4 is 9.62 Å². The normalized spacial score (nSPS) is 13.1. The van der Waals surface area contributed by atoms with Gasteiger partial charge in [-0.05, 0) is 69.4 Å². The van der Waals surface area contributed by atoms with Crippen LogP contribution in [0.5, 0.6) is 0 Å². The summed E-state index contributed by atoms with van der Waals surface area (Å²) in [5.41, 5.74) is 3.56. The summed E-state index contributed by atoms with van der Waals surface area (Å²) in [6.07, 6.45) is 2.43. The molecule has 2 rings (SSSR count). The molecule has 7 nitrogen and oxygen atoms in total. The van der Waals surface area contributed by atoms with E-state index in [1.54, 1.807) is 17.9 Å². The largest absolute Gasteiger partial charge is 0.352 e. The Morgan fingerprint density at radius 1 is 1.03 bits per heavy atom. The fraction of sp³-hybridized carbons (Fsp3) is 0.481. The third-order valence-corrected chi connectivity index (χ3v) is 7.41. The van der Waals surface area contributed by atoms with E-state index in [0.29, 0.717) is 18.7 Å². The number of nitrogens with zero attached hydrogens (tertiary/aromatic N) is 2. The minimum absolute atomic E-state index is 0.0120. The Morgan fingerprint density at radius 3 is 2.31 bits per heavy atom. The number of hydrogen-bond donors (Lipinski definition) is 1. The molecule has 0 bridgehead atoms. The fourth-order valence-electron chi connectivity index (χ4n) is 3.81. The molecule has 0 fully saturated rings. The molecule has 2 aromatic rings. The second kappa shape index (κ2) is 12.7. The van der Waals surface area contributed by atoms with Crippen LogP contribution in [0.1, 0.15) is 56.7 Å². The van der Waals surface area contributed by atoms with E-state index in [-0.39, 0.29) is 30.8 Å². The van der Waals surface area contributed by atoms with Crippen LogP contribution in [0.15, 0.2) is 48.5 Å². The van der Waals surface area contributed by atoms with Gasteiger partial charge in [0.15, 0.2) is 0 Å². The molecule has 192 valence electrons. The molecule has 0 saturated carbocycles. The van der Waals surface area contributed by atoms with Crippen LogP contribution in [0.3, 0.4) is 0 Å². The van der Waals surface area contributed by atoms with Crippen molar-refractivity contribution in [1.29, 1.82) is 0 Å². The molecule has 0 aliphatic heterocycles. The number of benzene rings is 2. The van der Waals surface area contributed by atoms with E-state index in [2.05, 4.69) is 5.32 Å². The first-order chi connectivity index (χ1) is 16.4. The number of carbonyl (C=O) groups excluding carboxylic acids is 2. The maximum Gasteiger partial charge on any atom is 0.242 e. The first-order valence-corrected chi connectivity index (χ1v) is 14.0. The minimum atomic E-state index is -3.51. The molecule has 0 spiro atoms. The molecule has 35 heavy (non-hydrogen) atoms. The van der Waals surface area contributed by atoms with Gasteiger partial charge in [0, 0.05) is 25.6 Å².